The van der Waals surface area contributed by atoms with Gasteiger partial charge < -0.3 is 9.32 Å². The van der Waals surface area contributed by atoms with Gasteiger partial charge in [-0.3, -0.25) is 9.58 Å². The van der Waals surface area contributed by atoms with Crippen LogP contribution in [-0.4, -0.2) is 55.8 Å². The van der Waals surface area contributed by atoms with E-state index in [1.165, 1.54) is 12.1 Å². The van der Waals surface area contributed by atoms with Crippen molar-refractivity contribution >= 4 is 16.9 Å². The van der Waals surface area contributed by atoms with Crippen molar-refractivity contribution in [3.8, 4) is 11.3 Å². The van der Waals surface area contributed by atoms with E-state index in [0.29, 0.717) is 18.2 Å². The average molecular weight is 393 g/mol. The van der Waals surface area contributed by atoms with Crippen molar-refractivity contribution in [2.75, 3.05) is 31.1 Å². The lowest BCUT2D eigenvalue weighted by molar-refractivity contribution is 0.227. The number of aromatic nitrogens is 5. The van der Waals surface area contributed by atoms with Crippen LogP contribution in [0.5, 0.6) is 0 Å². The number of piperazine rings is 1. The maximum atomic E-state index is 13.1. The lowest BCUT2D eigenvalue weighted by Crippen LogP contribution is -2.46. The maximum Gasteiger partial charge on any atom is 0.209 e. The van der Waals surface area contributed by atoms with Crippen molar-refractivity contribution in [2.45, 2.75) is 6.54 Å². The van der Waals surface area contributed by atoms with Gasteiger partial charge in [0.25, 0.3) is 0 Å². The number of anilines is 1. The first-order chi connectivity index (χ1) is 14.2. The predicted molar refractivity (Wildman–Crippen MR) is 106 cm³/mol. The molecule has 0 bridgehead atoms. The molecule has 1 aliphatic heterocycles. The molecule has 1 aliphatic rings. The minimum absolute atomic E-state index is 0.265. The van der Waals surface area contributed by atoms with E-state index in [-0.39, 0.29) is 5.82 Å². The summed E-state index contributed by atoms with van der Waals surface area (Å²) in [6.07, 6.45) is 5.11. The summed E-state index contributed by atoms with van der Waals surface area (Å²) in [4.78, 5) is 17.7. The number of halogens is 1. The van der Waals surface area contributed by atoms with E-state index in [1.807, 2.05) is 13.2 Å². The molecule has 0 unspecified atom stereocenters. The van der Waals surface area contributed by atoms with E-state index in [2.05, 4.69) is 29.9 Å². The molecule has 29 heavy (non-hydrogen) atoms. The maximum absolute atomic E-state index is 13.1. The van der Waals surface area contributed by atoms with Crippen molar-refractivity contribution in [1.82, 2.24) is 29.6 Å². The molecule has 4 aromatic rings. The summed E-state index contributed by atoms with van der Waals surface area (Å²) in [6, 6.07) is 6.23. The monoisotopic (exact) mass is 393 g/mol. The van der Waals surface area contributed by atoms with Gasteiger partial charge in [0.2, 0.25) is 5.89 Å². The number of benzene rings is 1. The van der Waals surface area contributed by atoms with Crippen molar-refractivity contribution < 1.29 is 8.81 Å². The predicted octanol–water partition coefficient (Wildman–Crippen LogP) is 2.48. The van der Waals surface area contributed by atoms with Gasteiger partial charge in [-0.2, -0.15) is 5.10 Å². The molecule has 148 valence electrons. The van der Waals surface area contributed by atoms with Crippen LogP contribution in [-0.2, 0) is 13.6 Å². The Labute approximate surface area is 166 Å². The van der Waals surface area contributed by atoms with Crippen LogP contribution in [0.3, 0.4) is 0 Å². The second kappa shape index (κ2) is 7.25. The molecule has 0 N–H and O–H groups in total. The van der Waals surface area contributed by atoms with E-state index >= 15 is 0 Å². The molecular weight excluding hydrogens is 373 g/mol. The molecule has 0 amide bonds. The quantitative estimate of drug-likeness (QED) is 0.527. The molecule has 0 atom stereocenters. The highest BCUT2D eigenvalue weighted by Crippen LogP contribution is 2.24. The fourth-order valence-electron chi connectivity index (χ4n) is 3.64. The van der Waals surface area contributed by atoms with Crippen molar-refractivity contribution in [1.29, 1.82) is 0 Å². The summed E-state index contributed by atoms with van der Waals surface area (Å²) in [6.45, 7) is 4.10. The number of hydrogen-bond acceptors (Lipinski definition) is 7. The number of fused-ring (bicyclic) bond motifs is 1. The van der Waals surface area contributed by atoms with Gasteiger partial charge in [0, 0.05) is 38.8 Å². The summed E-state index contributed by atoms with van der Waals surface area (Å²) in [5.41, 5.74) is 1.66. The van der Waals surface area contributed by atoms with Gasteiger partial charge >= 0.3 is 0 Å². The van der Waals surface area contributed by atoms with Gasteiger partial charge in [-0.1, -0.05) is 0 Å². The zero-order valence-electron chi connectivity index (χ0n) is 16.0. The number of aryl methyl sites for hydroxylation is 1. The molecular formula is C20H20FN7O. The first-order valence-corrected chi connectivity index (χ1v) is 9.48. The van der Waals surface area contributed by atoms with Crippen molar-refractivity contribution in [3.05, 3.63) is 54.7 Å². The van der Waals surface area contributed by atoms with Crippen LogP contribution in [0.4, 0.5) is 10.2 Å². The molecule has 1 fully saturated rings. The molecule has 0 aliphatic carbocycles. The minimum atomic E-state index is -0.265. The highest BCUT2D eigenvalue weighted by Gasteiger charge is 2.22. The molecule has 0 radical (unpaired) electrons. The first-order valence-electron chi connectivity index (χ1n) is 9.48. The van der Waals surface area contributed by atoms with Gasteiger partial charge in [-0.15, -0.1) is 0 Å². The zero-order valence-corrected chi connectivity index (χ0v) is 16.0. The third kappa shape index (κ3) is 3.44. The van der Waals surface area contributed by atoms with Gasteiger partial charge in [0.15, 0.2) is 11.4 Å². The topological polar surface area (TPSA) is 76.1 Å². The second-order valence-corrected chi connectivity index (χ2v) is 7.09. The van der Waals surface area contributed by atoms with E-state index in [1.54, 1.807) is 29.3 Å². The summed E-state index contributed by atoms with van der Waals surface area (Å²) in [5.74, 6) is 1.98. The van der Waals surface area contributed by atoms with E-state index < -0.39 is 0 Å². The van der Waals surface area contributed by atoms with Gasteiger partial charge in [0.1, 0.15) is 18.0 Å². The zero-order chi connectivity index (χ0) is 19.8. The summed E-state index contributed by atoms with van der Waals surface area (Å²) in [7, 11) is 1.88. The van der Waals surface area contributed by atoms with Crippen LogP contribution in [0, 0.1) is 5.82 Å². The van der Waals surface area contributed by atoms with E-state index in [0.717, 1.165) is 48.6 Å². The second-order valence-electron chi connectivity index (χ2n) is 7.09. The average Bonchev–Trinajstić information content (AvgIpc) is 3.36. The van der Waals surface area contributed by atoms with Crippen LogP contribution in [0.1, 0.15) is 5.89 Å². The Balaban J connectivity index is 1.24. The van der Waals surface area contributed by atoms with E-state index in [9.17, 15) is 4.39 Å². The van der Waals surface area contributed by atoms with Crippen LogP contribution in [0.25, 0.3) is 22.4 Å². The molecule has 3 aromatic heterocycles. The summed E-state index contributed by atoms with van der Waals surface area (Å²) in [5, 5.41) is 5.26. The largest absolute Gasteiger partial charge is 0.439 e. The lowest BCUT2D eigenvalue weighted by atomic mass is 10.2. The fourth-order valence-corrected chi connectivity index (χ4v) is 3.64. The van der Waals surface area contributed by atoms with Crippen LogP contribution in [0.15, 0.2) is 47.4 Å². The minimum Gasteiger partial charge on any atom is -0.439 e. The smallest absolute Gasteiger partial charge is 0.209 e. The molecule has 8 nitrogen and oxygen atoms in total. The molecule has 0 saturated carbocycles. The Kier molecular flexibility index (Phi) is 4.44. The first kappa shape index (κ1) is 17.7. The molecule has 5 rings (SSSR count). The third-order valence-electron chi connectivity index (χ3n) is 5.22. The Morgan fingerprint density at radius 2 is 1.79 bits per heavy atom. The highest BCUT2D eigenvalue weighted by molar-refractivity contribution is 5.86. The number of rotatable bonds is 4. The molecule has 1 saturated heterocycles. The Morgan fingerprint density at radius 3 is 2.59 bits per heavy atom. The Hall–Kier alpha value is -3.33. The molecule has 0 spiro atoms. The summed E-state index contributed by atoms with van der Waals surface area (Å²) >= 11 is 0. The highest BCUT2D eigenvalue weighted by atomic mass is 19.1. The number of hydrogen-bond donors (Lipinski definition) is 0. The van der Waals surface area contributed by atoms with Gasteiger partial charge in [-0.05, 0) is 24.3 Å². The van der Waals surface area contributed by atoms with Gasteiger partial charge in [0.05, 0.1) is 24.3 Å². The molecule has 1 aromatic carbocycles. The van der Waals surface area contributed by atoms with Crippen LogP contribution < -0.4 is 4.90 Å². The van der Waals surface area contributed by atoms with Crippen molar-refractivity contribution in [3.63, 3.8) is 0 Å². The third-order valence-corrected chi connectivity index (χ3v) is 5.22. The van der Waals surface area contributed by atoms with Crippen LogP contribution >= 0.6 is 0 Å². The molecule has 4 heterocycles. The lowest BCUT2D eigenvalue weighted by Gasteiger charge is -2.34. The standard InChI is InChI=1S/C20H20FN7O/c1-26-19-16(10-25-26)20(24-13-23-19)28-8-6-27(7-9-28)12-18-22-11-17(29-18)14-2-4-15(21)5-3-14/h2-5,10-11,13H,6-9,12H2,1H3. The fraction of sp³-hybridized carbons (Fsp3) is 0.300. The van der Waals surface area contributed by atoms with E-state index in [4.69, 9.17) is 4.42 Å². The number of nitrogens with zero attached hydrogens (tertiary/aromatic N) is 7. The number of oxazole rings is 1. The Bertz CT molecular complexity index is 1130. The Morgan fingerprint density at radius 1 is 1.00 bits per heavy atom. The van der Waals surface area contributed by atoms with Crippen molar-refractivity contribution in [2.24, 2.45) is 7.05 Å². The SMILES string of the molecule is Cn1ncc2c(N3CCN(Cc4ncc(-c5ccc(F)cc5)o4)CC3)ncnc21. The summed E-state index contributed by atoms with van der Waals surface area (Å²) < 4.78 is 20.7. The molecule has 9 heteroatoms. The normalized spacial score (nSPS) is 15.3. The van der Waals surface area contributed by atoms with Crippen LogP contribution in [0.2, 0.25) is 0 Å². The van der Waals surface area contributed by atoms with Gasteiger partial charge in [-0.25, -0.2) is 19.3 Å².